The summed E-state index contributed by atoms with van der Waals surface area (Å²) >= 11 is 0. The normalized spacial score (nSPS) is 21.8. The first-order valence-corrected chi connectivity index (χ1v) is 5.94. The lowest BCUT2D eigenvalue weighted by atomic mass is 9.79. The SMILES string of the molecule is F[C](C(F)(F)C(F)(F)C(F)(F)F)C(F)(C1C[CH]CC1)C(F)(F)F. The number of hydrogen-bond donors (Lipinski definition) is 0. The van der Waals surface area contributed by atoms with Crippen molar-refractivity contribution in [2.24, 2.45) is 5.92 Å². The van der Waals surface area contributed by atoms with Crippen molar-refractivity contribution in [3.8, 4) is 0 Å². The molecule has 1 fully saturated rings. The quantitative estimate of drug-likeness (QED) is 0.567. The summed E-state index contributed by atoms with van der Waals surface area (Å²) in [5.74, 6) is -16.8. The Balaban J connectivity index is 3.37. The van der Waals surface area contributed by atoms with Crippen LogP contribution in [0.5, 0.6) is 0 Å². The summed E-state index contributed by atoms with van der Waals surface area (Å²) in [5, 5.41) is 0. The van der Waals surface area contributed by atoms with Crippen LogP contribution in [0.2, 0.25) is 0 Å². The van der Waals surface area contributed by atoms with Gasteiger partial charge in [-0.25, -0.2) is 8.78 Å². The van der Waals surface area contributed by atoms with E-state index in [0.29, 0.717) is 0 Å². The van der Waals surface area contributed by atoms with E-state index in [1.807, 2.05) is 0 Å². The van der Waals surface area contributed by atoms with Gasteiger partial charge in [-0.1, -0.05) is 0 Å². The van der Waals surface area contributed by atoms with Crippen LogP contribution in [0.25, 0.3) is 0 Å². The molecule has 0 aromatic heterocycles. The van der Waals surface area contributed by atoms with E-state index < -0.39 is 54.8 Å². The van der Waals surface area contributed by atoms with Crippen molar-refractivity contribution < 1.29 is 52.7 Å². The third-order valence-corrected chi connectivity index (χ3v) is 3.49. The first kappa shape index (κ1) is 20.2. The summed E-state index contributed by atoms with van der Waals surface area (Å²) < 4.78 is 153. The topological polar surface area (TPSA) is 0 Å². The fraction of sp³-hybridized carbons (Fsp3) is 0.818. The van der Waals surface area contributed by atoms with Crippen molar-refractivity contribution in [1.82, 2.24) is 0 Å². The molecule has 12 heteroatoms. The van der Waals surface area contributed by atoms with Gasteiger partial charge in [-0.3, -0.25) is 0 Å². The van der Waals surface area contributed by atoms with Gasteiger partial charge in [0.25, 0.3) is 11.8 Å². The second-order valence-electron chi connectivity index (χ2n) is 4.97. The van der Waals surface area contributed by atoms with E-state index in [2.05, 4.69) is 0 Å². The van der Waals surface area contributed by atoms with Gasteiger partial charge in [-0.15, -0.1) is 0 Å². The molecule has 0 bridgehead atoms. The molecule has 0 aromatic rings. The molecule has 0 saturated heterocycles. The Kier molecular flexibility index (Phi) is 4.93. The van der Waals surface area contributed by atoms with Gasteiger partial charge < -0.3 is 0 Å². The monoisotopic (exact) mass is 368 g/mol. The van der Waals surface area contributed by atoms with E-state index in [-0.39, 0.29) is 6.42 Å². The summed E-state index contributed by atoms with van der Waals surface area (Å²) in [6.07, 6.45) is -19.0. The first-order chi connectivity index (χ1) is 10.0. The van der Waals surface area contributed by atoms with Gasteiger partial charge in [0.05, 0.1) is 0 Å². The van der Waals surface area contributed by atoms with Gasteiger partial charge in [-0.2, -0.15) is 43.9 Å². The molecule has 136 valence electrons. The number of hydrogen-bond acceptors (Lipinski definition) is 0. The number of rotatable bonds is 4. The van der Waals surface area contributed by atoms with Crippen LogP contribution >= 0.6 is 0 Å². The molecule has 0 spiro atoms. The fourth-order valence-corrected chi connectivity index (χ4v) is 2.20. The lowest BCUT2D eigenvalue weighted by Gasteiger charge is -2.39. The van der Waals surface area contributed by atoms with E-state index in [1.54, 1.807) is 0 Å². The maximum atomic E-state index is 14.1. The van der Waals surface area contributed by atoms with Gasteiger partial charge in [-0.05, 0) is 25.7 Å². The highest BCUT2D eigenvalue weighted by molar-refractivity contribution is 5.21. The Hall–Kier alpha value is -0.840. The molecule has 0 amide bonds. The van der Waals surface area contributed by atoms with E-state index in [1.165, 1.54) is 0 Å². The predicted molar refractivity (Wildman–Crippen MR) is 51.8 cm³/mol. The third kappa shape index (κ3) is 2.97. The molecule has 0 N–H and O–H groups in total. The summed E-state index contributed by atoms with van der Waals surface area (Å²) in [7, 11) is 0. The zero-order valence-electron chi connectivity index (χ0n) is 10.8. The van der Waals surface area contributed by atoms with Crippen molar-refractivity contribution in [1.29, 1.82) is 0 Å². The Morgan fingerprint density at radius 2 is 1.26 bits per heavy atom. The molecule has 23 heavy (non-hydrogen) atoms. The molecule has 2 unspecified atom stereocenters. The number of alkyl halides is 11. The Bertz CT molecular complexity index is 416. The van der Waals surface area contributed by atoms with Crippen LogP contribution in [0.1, 0.15) is 19.3 Å². The lowest BCUT2D eigenvalue weighted by Crippen LogP contribution is -2.63. The molecule has 2 radical (unpaired) electrons. The molecule has 0 heterocycles. The van der Waals surface area contributed by atoms with Gasteiger partial charge in [0.1, 0.15) is 0 Å². The summed E-state index contributed by atoms with van der Waals surface area (Å²) in [6.45, 7) is 0. The summed E-state index contributed by atoms with van der Waals surface area (Å²) in [4.78, 5) is 0. The van der Waals surface area contributed by atoms with E-state index in [9.17, 15) is 52.7 Å². The van der Waals surface area contributed by atoms with Crippen molar-refractivity contribution in [2.75, 3.05) is 0 Å². The second kappa shape index (κ2) is 5.61. The second-order valence-corrected chi connectivity index (χ2v) is 4.97. The molecular weight excluding hydrogens is 360 g/mol. The minimum absolute atomic E-state index is 0.263. The first-order valence-electron chi connectivity index (χ1n) is 5.94. The minimum Gasteiger partial charge on any atom is -0.229 e. The largest absolute Gasteiger partial charge is 0.460 e. The lowest BCUT2D eigenvalue weighted by molar-refractivity contribution is -0.368. The van der Waals surface area contributed by atoms with Crippen molar-refractivity contribution in [3.05, 3.63) is 12.6 Å². The molecule has 1 aliphatic carbocycles. The molecular formula is C11H8F12. The van der Waals surface area contributed by atoms with Crippen LogP contribution < -0.4 is 0 Å². The summed E-state index contributed by atoms with van der Waals surface area (Å²) in [6, 6.07) is 0. The highest BCUT2D eigenvalue weighted by Gasteiger charge is 2.83. The van der Waals surface area contributed by atoms with E-state index in [4.69, 9.17) is 0 Å². The highest BCUT2D eigenvalue weighted by Crippen LogP contribution is 2.61. The maximum Gasteiger partial charge on any atom is 0.460 e. The van der Waals surface area contributed by atoms with Crippen LogP contribution in [0.4, 0.5) is 52.7 Å². The Morgan fingerprint density at radius 1 is 0.783 bits per heavy atom. The Labute approximate surface area is 121 Å². The fourth-order valence-electron chi connectivity index (χ4n) is 2.20. The smallest absolute Gasteiger partial charge is 0.229 e. The zero-order valence-corrected chi connectivity index (χ0v) is 10.8. The van der Waals surface area contributed by atoms with Gasteiger partial charge >= 0.3 is 24.2 Å². The molecule has 1 saturated carbocycles. The van der Waals surface area contributed by atoms with E-state index in [0.717, 1.165) is 6.42 Å². The zero-order chi connectivity index (χ0) is 18.5. The van der Waals surface area contributed by atoms with Crippen LogP contribution in [-0.2, 0) is 0 Å². The van der Waals surface area contributed by atoms with Crippen molar-refractivity contribution in [2.45, 2.75) is 49.1 Å². The molecule has 2 atom stereocenters. The minimum atomic E-state index is -7.21. The van der Waals surface area contributed by atoms with Gasteiger partial charge in [0, 0.05) is 5.92 Å². The van der Waals surface area contributed by atoms with Crippen molar-refractivity contribution >= 4 is 0 Å². The number of halogens is 12. The van der Waals surface area contributed by atoms with Gasteiger partial charge in [0.15, 0.2) is 0 Å². The summed E-state index contributed by atoms with van der Waals surface area (Å²) in [5.41, 5.74) is -5.63. The molecule has 0 nitrogen and oxygen atoms in total. The molecule has 0 aromatic carbocycles. The van der Waals surface area contributed by atoms with Crippen LogP contribution in [-0.4, -0.2) is 29.9 Å². The molecule has 0 aliphatic heterocycles. The van der Waals surface area contributed by atoms with Crippen LogP contribution in [0.15, 0.2) is 0 Å². The van der Waals surface area contributed by atoms with Crippen LogP contribution in [0.3, 0.4) is 0 Å². The van der Waals surface area contributed by atoms with E-state index >= 15 is 0 Å². The molecule has 1 aliphatic rings. The molecule has 1 rings (SSSR count). The standard InChI is InChI=1S/C11H8F12/c12-6(8(14,15)9(16,17)11(21,22)23)7(13,10(18,19)20)5-3-1-2-4-5/h1,5H,2-4H2. The third-order valence-electron chi connectivity index (χ3n) is 3.49. The average Bonchev–Trinajstić information content (AvgIpc) is 2.87. The average molecular weight is 368 g/mol. The Morgan fingerprint density at radius 3 is 1.57 bits per heavy atom. The predicted octanol–water partition coefficient (Wildman–Crippen LogP) is 5.60. The van der Waals surface area contributed by atoms with Crippen molar-refractivity contribution in [3.63, 3.8) is 0 Å². The highest BCUT2D eigenvalue weighted by atomic mass is 19.4. The van der Waals surface area contributed by atoms with Gasteiger partial charge in [0.2, 0.25) is 0 Å². The van der Waals surface area contributed by atoms with Crippen LogP contribution in [0, 0.1) is 18.5 Å². The maximum absolute atomic E-state index is 14.1.